The maximum Gasteiger partial charge on any atom is 0.238 e. The van der Waals surface area contributed by atoms with Crippen molar-refractivity contribution in [2.45, 2.75) is 53.0 Å². The molecule has 0 radical (unpaired) electrons. The van der Waals surface area contributed by atoms with E-state index in [0.29, 0.717) is 19.4 Å². The van der Waals surface area contributed by atoms with Gasteiger partial charge in [-0.2, -0.15) is 0 Å². The number of hydrogen-bond donors (Lipinski definition) is 3. The molecule has 1 unspecified atom stereocenters. The van der Waals surface area contributed by atoms with Crippen LogP contribution in [0.4, 0.5) is 0 Å². The topological polar surface area (TPSA) is 95.5 Å². The van der Waals surface area contributed by atoms with E-state index in [-0.39, 0.29) is 23.8 Å². The molecule has 0 aliphatic rings. The van der Waals surface area contributed by atoms with Crippen LogP contribution in [0, 0.1) is 11.3 Å². The molecule has 6 nitrogen and oxygen atoms in total. The van der Waals surface area contributed by atoms with Crippen LogP contribution < -0.4 is 10.0 Å². The van der Waals surface area contributed by atoms with Crippen LogP contribution >= 0.6 is 0 Å². The standard InChI is InChI=1S/C14H30N2O4S/c1-11(2)9-12(16-21(5,19)20)13(18)15-10-14(3,4)7-6-8-17/h11-12,16-17H,6-10H2,1-5H3,(H,15,18). The van der Waals surface area contributed by atoms with Gasteiger partial charge in [0.15, 0.2) is 0 Å². The molecule has 0 saturated heterocycles. The molecule has 0 heterocycles. The first-order valence-corrected chi connectivity index (χ1v) is 9.22. The number of rotatable bonds is 10. The number of amides is 1. The van der Waals surface area contributed by atoms with Crippen LogP contribution in [0.3, 0.4) is 0 Å². The van der Waals surface area contributed by atoms with Gasteiger partial charge in [-0.25, -0.2) is 13.1 Å². The Morgan fingerprint density at radius 1 is 1.29 bits per heavy atom. The van der Waals surface area contributed by atoms with Crippen LogP contribution in [-0.2, 0) is 14.8 Å². The highest BCUT2D eigenvalue weighted by Gasteiger charge is 2.25. The molecule has 21 heavy (non-hydrogen) atoms. The van der Waals surface area contributed by atoms with Gasteiger partial charge in [-0.05, 0) is 30.6 Å². The van der Waals surface area contributed by atoms with Gasteiger partial charge in [0.25, 0.3) is 0 Å². The molecule has 0 aromatic carbocycles. The molecule has 7 heteroatoms. The van der Waals surface area contributed by atoms with Crippen LogP contribution in [-0.4, -0.2) is 44.9 Å². The van der Waals surface area contributed by atoms with Crippen LogP contribution in [0.5, 0.6) is 0 Å². The Balaban J connectivity index is 4.60. The lowest BCUT2D eigenvalue weighted by atomic mass is 9.87. The van der Waals surface area contributed by atoms with Crippen molar-refractivity contribution in [2.24, 2.45) is 11.3 Å². The number of aliphatic hydroxyl groups is 1. The summed E-state index contributed by atoms with van der Waals surface area (Å²) >= 11 is 0. The largest absolute Gasteiger partial charge is 0.396 e. The molecular weight excluding hydrogens is 292 g/mol. The molecule has 0 aliphatic heterocycles. The van der Waals surface area contributed by atoms with Crippen LogP contribution in [0.15, 0.2) is 0 Å². The van der Waals surface area contributed by atoms with Crippen LogP contribution in [0.2, 0.25) is 0 Å². The lowest BCUT2D eigenvalue weighted by Crippen LogP contribution is -2.48. The van der Waals surface area contributed by atoms with Crippen molar-refractivity contribution in [1.29, 1.82) is 0 Å². The average molecular weight is 322 g/mol. The number of aliphatic hydroxyl groups excluding tert-OH is 1. The van der Waals surface area contributed by atoms with Gasteiger partial charge in [-0.3, -0.25) is 4.79 Å². The highest BCUT2D eigenvalue weighted by atomic mass is 32.2. The molecule has 0 bridgehead atoms. The molecular formula is C14H30N2O4S. The van der Waals surface area contributed by atoms with E-state index in [1.54, 1.807) is 0 Å². The van der Waals surface area contributed by atoms with Crippen molar-refractivity contribution < 1.29 is 18.3 Å². The van der Waals surface area contributed by atoms with E-state index in [1.165, 1.54) is 0 Å². The summed E-state index contributed by atoms with van der Waals surface area (Å²) in [5, 5.41) is 11.7. The molecule has 0 rings (SSSR count). The zero-order valence-electron chi connectivity index (χ0n) is 13.8. The van der Waals surface area contributed by atoms with Crippen molar-refractivity contribution in [2.75, 3.05) is 19.4 Å². The van der Waals surface area contributed by atoms with E-state index in [0.717, 1.165) is 12.7 Å². The molecule has 126 valence electrons. The van der Waals surface area contributed by atoms with Crippen molar-refractivity contribution in [3.63, 3.8) is 0 Å². The predicted octanol–water partition coefficient (Wildman–Crippen LogP) is 0.865. The molecule has 0 aromatic heterocycles. The summed E-state index contributed by atoms with van der Waals surface area (Å²) in [6.45, 7) is 8.47. The third-order valence-electron chi connectivity index (χ3n) is 3.13. The van der Waals surface area contributed by atoms with Crippen molar-refractivity contribution in [1.82, 2.24) is 10.0 Å². The number of sulfonamides is 1. The number of carbonyl (C=O) groups excluding carboxylic acids is 1. The van der Waals surface area contributed by atoms with Gasteiger partial charge in [0, 0.05) is 13.2 Å². The van der Waals surface area contributed by atoms with Crippen molar-refractivity contribution in [3.05, 3.63) is 0 Å². The Morgan fingerprint density at radius 3 is 2.29 bits per heavy atom. The normalized spacial score (nSPS) is 14.2. The highest BCUT2D eigenvalue weighted by Crippen LogP contribution is 2.20. The van der Waals surface area contributed by atoms with Gasteiger partial charge in [0.1, 0.15) is 6.04 Å². The molecule has 0 fully saturated rings. The Morgan fingerprint density at radius 2 is 1.86 bits per heavy atom. The molecule has 0 saturated carbocycles. The lowest BCUT2D eigenvalue weighted by molar-refractivity contribution is -0.123. The minimum Gasteiger partial charge on any atom is -0.396 e. The van der Waals surface area contributed by atoms with Crippen LogP contribution in [0.1, 0.15) is 47.0 Å². The summed E-state index contributed by atoms with van der Waals surface area (Å²) in [5.41, 5.74) is -0.133. The summed E-state index contributed by atoms with van der Waals surface area (Å²) in [6.07, 6.45) is 2.98. The van der Waals surface area contributed by atoms with E-state index >= 15 is 0 Å². The zero-order chi connectivity index (χ0) is 16.7. The first-order valence-electron chi connectivity index (χ1n) is 7.33. The van der Waals surface area contributed by atoms with Gasteiger partial charge in [0.2, 0.25) is 15.9 Å². The second kappa shape index (κ2) is 8.70. The Bertz CT molecular complexity index is 419. The number of hydrogen-bond acceptors (Lipinski definition) is 4. The fourth-order valence-corrected chi connectivity index (χ4v) is 2.75. The second-order valence-electron chi connectivity index (χ2n) is 6.78. The van der Waals surface area contributed by atoms with Crippen LogP contribution in [0.25, 0.3) is 0 Å². The summed E-state index contributed by atoms with van der Waals surface area (Å²) < 4.78 is 25.1. The summed E-state index contributed by atoms with van der Waals surface area (Å²) in [5.74, 6) is -0.0939. The van der Waals surface area contributed by atoms with E-state index < -0.39 is 16.1 Å². The third kappa shape index (κ3) is 10.7. The molecule has 3 N–H and O–H groups in total. The molecule has 0 aromatic rings. The van der Waals surface area contributed by atoms with Crippen molar-refractivity contribution in [3.8, 4) is 0 Å². The third-order valence-corrected chi connectivity index (χ3v) is 3.85. The molecule has 0 spiro atoms. The van der Waals surface area contributed by atoms with Gasteiger partial charge in [-0.15, -0.1) is 0 Å². The maximum absolute atomic E-state index is 12.2. The SMILES string of the molecule is CC(C)CC(NS(C)(=O)=O)C(=O)NCC(C)(C)CCCO. The zero-order valence-corrected chi connectivity index (χ0v) is 14.6. The Hall–Kier alpha value is -0.660. The van der Waals surface area contributed by atoms with E-state index in [4.69, 9.17) is 5.11 Å². The Labute approximate surface area is 128 Å². The van der Waals surface area contributed by atoms with Crippen molar-refractivity contribution >= 4 is 15.9 Å². The molecule has 1 atom stereocenters. The summed E-state index contributed by atoms with van der Waals surface area (Å²) in [7, 11) is -3.43. The van der Waals surface area contributed by atoms with E-state index in [1.807, 2.05) is 27.7 Å². The quantitative estimate of drug-likeness (QED) is 0.556. The van der Waals surface area contributed by atoms with Gasteiger partial charge in [-0.1, -0.05) is 27.7 Å². The monoisotopic (exact) mass is 322 g/mol. The second-order valence-corrected chi connectivity index (χ2v) is 8.56. The van der Waals surface area contributed by atoms with E-state index in [9.17, 15) is 13.2 Å². The highest BCUT2D eigenvalue weighted by molar-refractivity contribution is 7.88. The first-order chi connectivity index (χ1) is 9.47. The minimum atomic E-state index is -3.43. The predicted molar refractivity (Wildman–Crippen MR) is 84.3 cm³/mol. The average Bonchev–Trinajstić information content (AvgIpc) is 2.30. The Kier molecular flexibility index (Phi) is 8.43. The maximum atomic E-state index is 12.2. The fourth-order valence-electron chi connectivity index (χ4n) is 2.03. The fraction of sp³-hybridized carbons (Fsp3) is 0.929. The van der Waals surface area contributed by atoms with Gasteiger partial charge >= 0.3 is 0 Å². The number of carbonyl (C=O) groups is 1. The molecule has 0 aliphatic carbocycles. The minimum absolute atomic E-state index is 0.128. The van der Waals surface area contributed by atoms with Gasteiger partial charge < -0.3 is 10.4 Å². The van der Waals surface area contributed by atoms with E-state index in [2.05, 4.69) is 10.0 Å². The summed E-state index contributed by atoms with van der Waals surface area (Å²) in [6, 6.07) is -0.742. The summed E-state index contributed by atoms with van der Waals surface area (Å²) in [4.78, 5) is 12.2. The number of nitrogens with one attached hydrogen (secondary N) is 2. The molecule has 1 amide bonds. The first kappa shape index (κ1) is 20.3. The lowest BCUT2D eigenvalue weighted by Gasteiger charge is -2.26. The van der Waals surface area contributed by atoms with Gasteiger partial charge in [0.05, 0.1) is 6.26 Å². The smallest absolute Gasteiger partial charge is 0.238 e.